The Hall–Kier alpha value is -4.26. The zero-order chi connectivity index (χ0) is 27.9. The van der Waals surface area contributed by atoms with Crippen LogP contribution in [0, 0.1) is 0 Å². The summed E-state index contributed by atoms with van der Waals surface area (Å²) in [6.07, 6.45) is 5.89. The third kappa shape index (κ3) is 6.79. The van der Waals surface area contributed by atoms with Crippen molar-refractivity contribution < 1.29 is 19.1 Å². The highest BCUT2D eigenvalue weighted by atomic mass is 35.5. The van der Waals surface area contributed by atoms with Crippen LogP contribution < -0.4 is 4.74 Å². The van der Waals surface area contributed by atoms with Gasteiger partial charge in [-0.15, -0.1) is 0 Å². The van der Waals surface area contributed by atoms with Crippen LogP contribution >= 0.6 is 23.2 Å². The number of hydrogen-bond donors (Lipinski definition) is 1. The zero-order valence-corrected chi connectivity index (χ0v) is 23.1. The number of aromatic nitrogens is 2. The van der Waals surface area contributed by atoms with Gasteiger partial charge in [-0.25, -0.2) is 9.78 Å². The van der Waals surface area contributed by atoms with E-state index in [1.165, 1.54) is 12.1 Å². The maximum Gasteiger partial charge on any atom is 0.371 e. The van der Waals surface area contributed by atoms with E-state index in [-0.39, 0.29) is 11.7 Å². The normalized spacial score (nSPS) is 10.8. The Balaban J connectivity index is 0.00000172. The van der Waals surface area contributed by atoms with Gasteiger partial charge in [0, 0.05) is 29.9 Å². The second-order valence-electron chi connectivity index (χ2n) is 8.23. The summed E-state index contributed by atoms with van der Waals surface area (Å²) in [7, 11) is 1.94. The second kappa shape index (κ2) is 12.5. The van der Waals surface area contributed by atoms with Crippen molar-refractivity contribution >= 4 is 41.3 Å². The van der Waals surface area contributed by atoms with Crippen LogP contribution in [0.4, 0.5) is 0 Å². The minimum atomic E-state index is -1.14. The molecule has 0 aliphatic heterocycles. The number of aryl methyl sites for hydroxylation is 1. The number of carboxylic acids is 1. The summed E-state index contributed by atoms with van der Waals surface area (Å²) in [4.78, 5) is 15.6. The minimum Gasteiger partial charge on any atom is -0.475 e. The van der Waals surface area contributed by atoms with Crippen molar-refractivity contribution in [1.82, 2.24) is 9.55 Å². The topological polar surface area (TPSA) is 77.5 Å². The lowest BCUT2D eigenvalue weighted by molar-refractivity contribution is 0.0657. The molecule has 198 valence electrons. The maximum absolute atomic E-state index is 10.9. The summed E-state index contributed by atoms with van der Waals surface area (Å²) in [6.45, 7) is 4.00. The predicted molar refractivity (Wildman–Crippen MR) is 157 cm³/mol. The second-order valence-corrected chi connectivity index (χ2v) is 9.07. The van der Waals surface area contributed by atoms with Gasteiger partial charge in [-0.1, -0.05) is 79.5 Å². The molecule has 0 saturated carbocycles. The number of aromatic carboxylic acids is 1. The molecule has 0 unspecified atom stereocenters. The Morgan fingerprint density at radius 3 is 2.21 bits per heavy atom. The molecule has 0 spiro atoms. The number of hydrogen-bond acceptors (Lipinski definition) is 4. The number of rotatable bonds is 7. The molecule has 2 aromatic heterocycles. The largest absolute Gasteiger partial charge is 0.475 e. The number of carboxylic acid groups (broad SMARTS) is 1. The lowest BCUT2D eigenvalue weighted by atomic mass is 10.0. The van der Waals surface area contributed by atoms with E-state index < -0.39 is 5.97 Å². The monoisotopic (exact) mass is 560 g/mol. The molecule has 39 heavy (non-hydrogen) atoms. The lowest BCUT2D eigenvalue weighted by Gasteiger charge is -2.05. The Bertz CT molecular complexity index is 1600. The molecule has 6 nitrogen and oxygen atoms in total. The van der Waals surface area contributed by atoms with E-state index in [4.69, 9.17) is 42.4 Å². The average Bonchev–Trinajstić information content (AvgIpc) is 3.56. The highest BCUT2D eigenvalue weighted by Crippen LogP contribution is 2.30. The number of imidazole rings is 1. The minimum absolute atomic E-state index is 0.123. The van der Waals surface area contributed by atoms with E-state index in [0.717, 1.165) is 33.8 Å². The summed E-state index contributed by atoms with van der Waals surface area (Å²) in [5, 5.41) is 10.1. The Kier molecular flexibility index (Phi) is 8.92. The van der Waals surface area contributed by atoms with Crippen LogP contribution in [0.15, 0.2) is 89.5 Å². The predicted octanol–water partition coefficient (Wildman–Crippen LogP) is 9.34. The third-order valence-electron chi connectivity index (χ3n) is 5.65. The molecule has 0 saturated heterocycles. The first kappa shape index (κ1) is 27.8. The molecule has 0 atom stereocenters. The van der Waals surface area contributed by atoms with Gasteiger partial charge in [0.15, 0.2) is 0 Å². The highest BCUT2D eigenvalue weighted by Gasteiger charge is 2.11. The summed E-state index contributed by atoms with van der Waals surface area (Å²) in [5.41, 5.74) is 4.70. The van der Waals surface area contributed by atoms with E-state index in [2.05, 4.69) is 0 Å². The molecule has 8 heteroatoms. The quantitative estimate of drug-likeness (QED) is 0.214. The van der Waals surface area contributed by atoms with Crippen LogP contribution in [0.25, 0.3) is 34.5 Å². The van der Waals surface area contributed by atoms with Gasteiger partial charge in [0.1, 0.15) is 11.6 Å². The van der Waals surface area contributed by atoms with Crippen molar-refractivity contribution in [2.75, 3.05) is 0 Å². The van der Waals surface area contributed by atoms with Crippen LogP contribution in [-0.4, -0.2) is 20.6 Å². The van der Waals surface area contributed by atoms with Crippen LogP contribution in [0.1, 0.15) is 35.8 Å². The van der Waals surface area contributed by atoms with Crippen molar-refractivity contribution in [3.05, 3.63) is 112 Å². The molecular weight excluding hydrogens is 535 g/mol. The van der Waals surface area contributed by atoms with Gasteiger partial charge in [-0.3, -0.25) is 0 Å². The van der Waals surface area contributed by atoms with Crippen molar-refractivity contribution in [2.45, 2.75) is 13.8 Å². The van der Waals surface area contributed by atoms with Gasteiger partial charge in [0.25, 0.3) is 5.95 Å². The van der Waals surface area contributed by atoms with Gasteiger partial charge in [-0.2, -0.15) is 0 Å². The van der Waals surface area contributed by atoms with E-state index in [0.29, 0.717) is 15.8 Å². The lowest BCUT2D eigenvalue weighted by Crippen LogP contribution is -1.91. The van der Waals surface area contributed by atoms with Gasteiger partial charge < -0.3 is 18.8 Å². The molecule has 0 fully saturated rings. The fraction of sp³-hybridized carbons (Fsp3) is 0.0968. The first-order valence-corrected chi connectivity index (χ1v) is 13.0. The van der Waals surface area contributed by atoms with Crippen molar-refractivity contribution in [3.8, 4) is 34.1 Å². The van der Waals surface area contributed by atoms with E-state index in [1.807, 2.05) is 86.3 Å². The molecule has 0 aliphatic carbocycles. The summed E-state index contributed by atoms with van der Waals surface area (Å²) >= 11 is 12.3. The average molecular weight is 561 g/mol. The molecule has 0 radical (unpaired) electrons. The molecule has 0 amide bonds. The number of halogens is 2. The summed E-state index contributed by atoms with van der Waals surface area (Å²) < 4.78 is 12.7. The number of furan rings is 1. The zero-order valence-electron chi connectivity index (χ0n) is 21.6. The fourth-order valence-corrected chi connectivity index (χ4v) is 4.25. The molecular formula is C31H26Cl2N2O4. The molecule has 2 heterocycles. The SMILES string of the molecule is CC.Cn1cc(-c2ccc(Cl)cc2Cl)nc1/C=C/c1ccc(-c2ccc(Oc3ccc(C(=O)O)o3)cc2)cc1. The summed E-state index contributed by atoms with van der Waals surface area (Å²) in [6, 6.07) is 23.8. The smallest absolute Gasteiger partial charge is 0.371 e. The molecule has 1 N–H and O–H groups in total. The third-order valence-corrected chi connectivity index (χ3v) is 6.20. The number of carbonyl (C=O) groups is 1. The standard InChI is InChI=1S/C29H20Cl2N2O4.C2H6/c1-33-17-25(23-12-9-21(30)16-24(23)31)32-27(33)14-4-18-2-5-19(6-3-18)20-7-10-22(11-8-20)36-28-15-13-26(37-28)29(34)35;1-2/h2-17H,1H3,(H,34,35);1-2H3/b14-4+;. The Morgan fingerprint density at radius 2 is 1.59 bits per heavy atom. The highest BCUT2D eigenvalue weighted by molar-refractivity contribution is 6.36. The number of ether oxygens (including phenoxy) is 1. The molecule has 0 aliphatic rings. The summed E-state index contributed by atoms with van der Waals surface area (Å²) in [5.74, 6) is 0.153. The van der Waals surface area contributed by atoms with Crippen LogP contribution in [0.5, 0.6) is 11.7 Å². The van der Waals surface area contributed by atoms with Crippen molar-refractivity contribution in [1.29, 1.82) is 0 Å². The van der Waals surface area contributed by atoms with E-state index in [9.17, 15) is 4.79 Å². The van der Waals surface area contributed by atoms with Gasteiger partial charge in [-0.05, 0) is 59.2 Å². The first-order chi connectivity index (χ1) is 18.9. The van der Waals surface area contributed by atoms with Crippen LogP contribution in [0.2, 0.25) is 10.0 Å². The first-order valence-electron chi connectivity index (χ1n) is 12.2. The molecule has 3 aromatic carbocycles. The van der Waals surface area contributed by atoms with Crippen molar-refractivity contribution in [3.63, 3.8) is 0 Å². The van der Waals surface area contributed by atoms with Gasteiger partial charge in [0.2, 0.25) is 5.76 Å². The number of nitrogens with zero attached hydrogens (tertiary/aromatic N) is 2. The van der Waals surface area contributed by atoms with Crippen molar-refractivity contribution in [2.24, 2.45) is 7.05 Å². The Labute approximate surface area is 236 Å². The fourth-order valence-electron chi connectivity index (χ4n) is 3.74. The number of benzene rings is 3. The molecule has 5 rings (SSSR count). The van der Waals surface area contributed by atoms with Gasteiger partial charge >= 0.3 is 5.97 Å². The molecule has 5 aromatic rings. The van der Waals surface area contributed by atoms with E-state index >= 15 is 0 Å². The van der Waals surface area contributed by atoms with Crippen LogP contribution in [0.3, 0.4) is 0 Å². The van der Waals surface area contributed by atoms with Gasteiger partial charge in [0.05, 0.1) is 10.7 Å². The van der Waals surface area contributed by atoms with Crippen LogP contribution in [-0.2, 0) is 7.05 Å². The maximum atomic E-state index is 10.9. The van der Waals surface area contributed by atoms with E-state index in [1.54, 1.807) is 24.3 Å². The molecule has 0 bridgehead atoms. The Morgan fingerprint density at radius 1 is 0.923 bits per heavy atom.